The normalized spacial score (nSPS) is 16.0. The Morgan fingerprint density at radius 1 is 1.14 bits per heavy atom. The Kier molecular flexibility index (Phi) is 9.73. The molecule has 2 aromatic carbocycles. The third-order valence-electron chi connectivity index (χ3n) is 5.28. The number of carbonyl (C=O) groups excluding carboxylic acids is 2. The van der Waals surface area contributed by atoms with Crippen LogP contribution in [-0.4, -0.2) is 56.5 Å². The van der Waals surface area contributed by atoms with Crippen LogP contribution in [0.15, 0.2) is 58.8 Å². The Labute approximate surface area is 215 Å². The van der Waals surface area contributed by atoms with E-state index in [9.17, 15) is 14.7 Å². The first-order valence-electron chi connectivity index (χ1n) is 11.8. The monoisotopic (exact) mass is 512 g/mol. The van der Waals surface area contributed by atoms with E-state index in [2.05, 4.69) is 21.2 Å². The SMILES string of the molecule is CCOc1cccc(/C=N/N[C@H](O)COc2ccc([C@H]3NC(=O)NC(C)=C3C(=O)OC)cc2OCC)c1. The van der Waals surface area contributed by atoms with Gasteiger partial charge in [0.1, 0.15) is 12.4 Å². The molecule has 0 bridgehead atoms. The van der Waals surface area contributed by atoms with Crippen LogP contribution in [0.3, 0.4) is 0 Å². The molecule has 198 valence electrons. The quantitative estimate of drug-likeness (QED) is 0.147. The number of allylic oxidation sites excluding steroid dienone is 1. The number of nitrogens with zero attached hydrogens (tertiary/aromatic N) is 1. The summed E-state index contributed by atoms with van der Waals surface area (Å²) < 4.78 is 21.8. The van der Waals surface area contributed by atoms with E-state index in [4.69, 9.17) is 18.9 Å². The van der Waals surface area contributed by atoms with E-state index in [1.165, 1.54) is 7.11 Å². The number of ether oxygens (including phenoxy) is 4. The minimum absolute atomic E-state index is 0.119. The molecule has 2 aromatic rings. The van der Waals surface area contributed by atoms with Crippen molar-refractivity contribution in [3.63, 3.8) is 0 Å². The lowest BCUT2D eigenvalue weighted by molar-refractivity contribution is -0.136. The van der Waals surface area contributed by atoms with Gasteiger partial charge in [-0.2, -0.15) is 5.10 Å². The van der Waals surface area contributed by atoms with Crippen molar-refractivity contribution in [2.75, 3.05) is 26.9 Å². The molecular formula is C26H32N4O7. The third-order valence-corrected chi connectivity index (χ3v) is 5.28. The molecule has 0 aliphatic carbocycles. The summed E-state index contributed by atoms with van der Waals surface area (Å²) in [6, 6.07) is 11.2. The van der Waals surface area contributed by atoms with Gasteiger partial charge in [-0.05, 0) is 56.2 Å². The summed E-state index contributed by atoms with van der Waals surface area (Å²) in [6.07, 6.45) is 0.467. The maximum Gasteiger partial charge on any atom is 0.337 e. The van der Waals surface area contributed by atoms with Crippen LogP contribution >= 0.6 is 0 Å². The molecule has 37 heavy (non-hydrogen) atoms. The molecule has 0 aromatic heterocycles. The first-order chi connectivity index (χ1) is 17.9. The van der Waals surface area contributed by atoms with Gasteiger partial charge in [0.2, 0.25) is 0 Å². The maximum absolute atomic E-state index is 12.4. The molecule has 1 aliphatic heterocycles. The number of carbonyl (C=O) groups is 2. The first kappa shape index (κ1) is 27.3. The minimum Gasteiger partial charge on any atom is -0.494 e. The number of hydrazone groups is 1. The van der Waals surface area contributed by atoms with Crippen molar-refractivity contribution in [3.05, 3.63) is 64.9 Å². The van der Waals surface area contributed by atoms with Crippen molar-refractivity contribution < 1.29 is 33.6 Å². The number of hydrogen-bond acceptors (Lipinski definition) is 9. The predicted octanol–water partition coefficient (Wildman–Crippen LogP) is 2.61. The molecule has 11 nitrogen and oxygen atoms in total. The average Bonchev–Trinajstić information content (AvgIpc) is 2.87. The number of hydrogen-bond donors (Lipinski definition) is 4. The van der Waals surface area contributed by atoms with Gasteiger partial charge < -0.3 is 34.7 Å². The van der Waals surface area contributed by atoms with Crippen LogP contribution in [-0.2, 0) is 9.53 Å². The second-order valence-corrected chi connectivity index (χ2v) is 7.92. The second kappa shape index (κ2) is 13.2. The van der Waals surface area contributed by atoms with Gasteiger partial charge in [0.15, 0.2) is 17.7 Å². The Morgan fingerprint density at radius 2 is 1.92 bits per heavy atom. The fourth-order valence-electron chi connectivity index (χ4n) is 3.67. The largest absolute Gasteiger partial charge is 0.494 e. The molecular weight excluding hydrogens is 480 g/mol. The van der Waals surface area contributed by atoms with E-state index >= 15 is 0 Å². The number of aliphatic hydroxyl groups excluding tert-OH is 1. The average molecular weight is 513 g/mol. The van der Waals surface area contributed by atoms with Crippen LogP contribution in [0.4, 0.5) is 4.79 Å². The Balaban J connectivity index is 1.68. The van der Waals surface area contributed by atoms with Crippen LogP contribution in [0.25, 0.3) is 0 Å². The molecule has 11 heteroatoms. The van der Waals surface area contributed by atoms with Crippen LogP contribution in [0.2, 0.25) is 0 Å². The van der Waals surface area contributed by atoms with E-state index in [0.29, 0.717) is 36.0 Å². The molecule has 0 radical (unpaired) electrons. The van der Waals surface area contributed by atoms with Gasteiger partial charge in [-0.15, -0.1) is 0 Å². The molecule has 2 atom stereocenters. The third kappa shape index (κ3) is 7.37. The molecule has 0 spiro atoms. The summed E-state index contributed by atoms with van der Waals surface area (Å²) in [5.74, 6) is 0.932. The zero-order chi connectivity index (χ0) is 26.8. The summed E-state index contributed by atoms with van der Waals surface area (Å²) >= 11 is 0. The molecule has 3 rings (SSSR count). The van der Waals surface area contributed by atoms with Gasteiger partial charge in [0.05, 0.1) is 38.2 Å². The fraction of sp³-hybridized carbons (Fsp3) is 0.346. The first-order valence-corrected chi connectivity index (χ1v) is 11.8. The molecule has 0 unspecified atom stereocenters. The summed E-state index contributed by atoms with van der Waals surface area (Å²) in [6.45, 7) is 6.15. The van der Waals surface area contributed by atoms with Crippen LogP contribution < -0.4 is 30.3 Å². The van der Waals surface area contributed by atoms with Gasteiger partial charge in [-0.3, -0.25) is 5.43 Å². The van der Waals surface area contributed by atoms with Crippen molar-refractivity contribution in [2.24, 2.45) is 5.10 Å². The lowest BCUT2D eigenvalue weighted by Gasteiger charge is -2.28. The summed E-state index contributed by atoms with van der Waals surface area (Å²) in [5.41, 5.74) is 4.70. The number of urea groups is 1. The summed E-state index contributed by atoms with van der Waals surface area (Å²) in [7, 11) is 1.28. The number of aliphatic hydroxyl groups is 1. The van der Waals surface area contributed by atoms with E-state index in [-0.39, 0.29) is 12.2 Å². The fourth-order valence-corrected chi connectivity index (χ4v) is 3.67. The number of nitrogens with one attached hydrogen (secondary N) is 3. The molecule has 0 fully saturated rings. The molecule has 0 saturated heterocycles. The van der Waals surface area contributed by atoms with Gasteiger partial charge >= 0.3 is 12.0 Å². The summed E-state index contributed by atoms with van der Waals surface area (Å²) in [5, 5.41) is 19.6. The highest BCUT2D eigenvalue weighted by Crippen LogP contribution is 2.34. The molecule has 1 aliphatic rings. The van der Waals surface area contributed by atoms with Gasteiger partial charge in [-0.25, -0.2) is 9.59 Å². The second-order valence-electron chi connectivity index (χ2n) is 7.92. The number of amides is 2. The highest BCUT2D eigenvalue weighted by molar-refractivity contribution is 5.95. The zero-order valence-corrected chi connectivity index (χ0v) is 21.2. The lowest BCUT2D eigenvalue weighted by Crippen LogP contribution is -2.45. The topological polar surface area (TPSA) is 140 Å². The Bertz CT molecular complexity index is 1170. The van der Waals surface area contributed by atoms with Crippen molar-refractivity contribution in [1.29, 1.82) is 0 Å². The van der Waals surface area contributed by atoms with E-state index in [0.717, 1.165) is 11.3 Å². The predicted molar refractivity (Wildman–Crippen MR) is 137 cm³/mol. The zero-order valence-electron chi connectivity index (χ0n) is 21.2. The minimum atomic E-state index is -1.10. The van der Waals surface area contributed by atoms with Crippen molar-refractivity contribution in [2.45, 2.75) is 33.0 Å². The number of esters is 1. The van der Waals surface area contributed by atoms with Crippen LogP contribution in [0.5, 0.6) is 17.2 Å². The highest BCUT2D eigenvalue weighted by Gasteiger charge is 2.32. The Morgan fingerprint density at radius 3 is 2.65 bits per heavy atom. The van der Waals surface area contributed by atoms with E-state index in [1.807, 2.05) is 38.1 Å². The lowest BCUT2D eigenvalue weighted by atomic mass is 9.95. The van der Waals surface area contributed by atoms with Crippen LogP contribution in [0, 0.1) is 0 Å². The smallest absolute Gasteiger partial charge is 0.337 e. The van der Waals surface area contributed by atoms with Crippen LogP contribution in [0.1, 0.15) is 37.9 Å². The number of methoxy groups -OCH3 is 1. The van der Waals surface area contributed by atoms with Crippen molar-refractivity contribution >= 4 is 18.2 Å². The van der Waals surface area contributed by atoms with Gasteiger partial charge in [0.25, 0.3) is 0 Å². The number of rotatable bonds is 12. The van der Waals surface area contributed by atoms with Gasteiger partial charge in [0, 0.05) is 5.70 Å². The molecule has 1 heterocycles. The molecule has 2 amide bonds. The number of benzene rings is 2. The van der Waals surface area contributed by atoms with Gasteiger partial charge in [-0.1, -0.05) is 18.2 Å². The summed E-state index contributed by atoms with van der Waals surface area (Å²) in [4.78, 5) is 24.4. The van der Waals surface area contributed by atoms with E-state index < -0.39 is 24.3 Å². The van der Waals surface area contributed by atoms with E-state index in [1.54, 1.807) is 31.3 Å². The maximum atomic E-state index is 12.4. The molecule has 0 saturated carbocycles. The highest BCUT2D eigenvalue weighted by atomic mass is 16.5. The van der Waals surface area contributed by atoms with Crippen molar-refractivity contribution in [1.82, 2.24) is 16.1 Å². The molecule has 4 N–H and O–H groups in total. The standard InChI is InChI=1S/C26H32N4O7/c1-5-35-19-9-7-8-17(12-19)14-27-30-22(31)15-37-20-11-10-18(13-21(20)36-6-2)24-23(25(32)34-4)16(3)28-26(33)29-24/h7-14,22,24,30-31H,5-6,15H2,1-4H3,(H2,28,29,33)/b27-14+/t22-,24-/m1/s1. The van der Waals surface area contributed by atoms with Crippen molar-refractivity contribution in [3.8, 4) is 17.2 Å². The Hall–Kier alpha value is -4.25.